The summed E-state index contributed by atoms with van der Waals surface area (Å²) in [5, 5.41) is 8.92. The third kappa shape index (κ3) is 3.73. The van der Waals surface area contributed by atoms with E-state index in [-0.39, 0.29) is 5.91 Å². The first-order valence-electron chi connectivity index (χ1n) is 9.14. The van der Waals surface area contributed by atoms with Crippen molar-refractivity contribution >= 4 is 56.2 Å². The Hall–Kier alpha value is -3.06. The zero-order chi connectivity index (χ0) is 20.5. The average molecular weight is 448 g/mol. The second kappa shape index (κ2) is 7.99. The van der Waals surface area contributed by atoms with Crippen molar-refractivity contribution in [1.29, 1.82) is 0 Å². The van der Waals surface area contributed by atoms with Crippen LogP contribution in [0.3, 0.4) is 0 Å². The summed E-state index contributed by atoms with van der Waals surface area (Å²) in [6, 6.07) is 20.9. The number of halogens is 1. The van der Waals surface area contributed by atoms with E-state index < -0.39 is 0 Å². The number of carbonyl (C=O) groups excluding carboxylic acids is 1. The number of anilines is 1. The highest BCUT2D eigenvalue weighted by molar-refractivity contribution is 7.16. The summed E-state index contributed by atoms with van der Waals surface area (Å²) in [7, 11) is 0. The van der Waals surface area contributed by atoms with Gasteiger partial charge in [-0.3, -0.25) is 10.1 Å². The number of carbonyl (C=O) groups is 1. The van der Waals surface area contributed by atoms with E-state index in [2.05, 4.69) is 10.3 Å². The summed E-state index contributed by atoms with van der Waals surface area (Å²) < 4.78 is 0. The van der Waals surface area contributed by atoms with Crippen LogP contribution >= 0.6 is 34.3 Å². The zero-order valence-corrected chi connectivity index (χ0v) is 17.9. The molecule has 1 amide bonds. The van der Waals surface area contributed by atoms with E-state index in [0.29, 0.717) is 21.4 Å². The number of thiazole rings is 1. The zero-order valence-electron chi connectivity index (χ0n) is 15.5. The van der Waals surface area contributed by atoms with Crippen molar-refractivity contribution in [2.45, 2.75) is 0 Å². The van der Waals surface area contributed by atoms with Crippen LogP contribution in [0.4, 0.5) is 5.13 Å². The Morgan fingerprint density at radius 1 is 0.900 bits per heavy atom. The van der Waals surface area contributed by atoms with Gasteiger partial charge in [-0.05, 0) is 35.7 Å². The standard InChI is InChI=1S/C23H14ClN3OS2/c24-15-9-7-14(8-10-15)19-12-17(16-4-1-2-5-18(16)25-19)22(28)27-23-26-20(13-30-23)21-6-3-11-29-21/h1-13H,(H,26,27,28). The van der Waals surface area contributed by atoms with Crippen LogP contribution in [0.1, 0.15) is 10.4 Å². The summed E-state index contributed by atoms with van der Waals surface area (Å²) in [4.78, 5) is 23.5. The Bertz CT molecular complexity index is 1340. The largest absolute Gasteiger partial charge is 0.298 e. The number of hydrogen-bond acceptors (Lipinski definition) is 5. The van der Waals surface area contributed by atoms with E-state index in [1.165, 1.54) is 11.3 Å². The van der Waals surface area contributed by atoms with E-state index in [4.69, 9.17) is 16.6 Å². The number of rotatable bonds is 4. The van der Waals surface area contributed by atoms with Gasteiger partial charge in [-0.15, -0.1) is 22.7 Å². The minimum atomic E-state index is -0.212. The highest BCUT2D eigenvalue weighted by Crippen LogP contribution is 2.30. The maximum Gasteiger partial charge on any atom is 0.258 e. The number of nitrogens with one attached hydrogen (secondary N) is 1. The number of fused-ring (bicyclic) bond motifs is 1. The first-order valence-corrected chi connectivity index (χ1v) is 11.3. The average Bonchev–Trinajstić information content (AvgIpc) is 3.45. The quantitative estimate of drug-likeness (QED) is 0.323. The minimum absolute atomic E-state index is 0.212. The van der Waals surface area contributed by atoms with E-state index in [9.17, 15) is 4.79 Å². The van der Waals surface area contributed by atoms with Gasteiger partial charge < -0.3 is 0 Å². The molecule has 30 heavy (non-hydrogen) atoms. The molecule has 4 nitrogen and oxygen atoms in total. The number of thiophene rings is 1. The van der Waals surface area contributed by atoms with E-state index in [1.807, 2.05) is 77.5 Å². The monoisotopic (exact) mass is 447 g/mol. The second-order valence-electron chi connectivity index (χ2n) is 6.55. The van der Waals surface area contributed by atoms with Crippen molar-refractivity contribution < 1.29 is 4.79 Å². The highest BCUT2D eigenvalue weighted by atomic mass is 35.5. The molecule has 0 atom stereocenters. The Morgan fingerprint density at radius 3 is 2.53 bits per heavy atom. The third-order valence-corrected chi connectivity index (χ3v) is 6.50. The summed E-state index contributed by atoms with van der Waals surface area (Å²) in [5.41, 5.74) is 3.79. The van der Waals surface area contributed by atoms with Gasteiger partial charge in [0.25, 0.3) is 5.91 Å². The normalized spacial score (nSPS) is 11.0. The van der Waals surface area contributed by atoms with Crippen LogP contribution < -0.4 is 5.32 Å². The molecular formula is C23H14ClN3OS2. The lowest BCUT2D eigenvalue weighted by Crippen LogP contribution is -2.13. The Balaban J connectivity index is 1.52. The number of para-hydroxylation sites is 1. The molecule has 5 aromatic rings. The molecule has 3 heterocycles. The third-order valence-electron chi connectivity index (χ3n) is 4.60. The smallest absolute Gasteiger partial charge is 0.258 e. The SMILES string of the molecule is O=C(Nc1nc(-c2cccs2)cs1)c1cc(-c2ccc(Cl)cc2)nc2ccccc12. The molecular weight excluding hydrogens is 434 g/mol. The molecule has 3 aromatic heterocycles. The predicted molar refractivity (Wildman–Crippen MR) is 126 cm³/mol. The van der Waals surface area contributed by atoms with Gasteiger partial charge in [0.2, 0.25) is 0 Å². The van der Waals surface area contributed by atoms with Crippen LogP contribution in [0.15, 0.2) is 77.5 Å². The number of pyridine rings is 1. The van der Waals surface area contributed by atoms with Crippen molar-refractivity contribution in [3.8, 4) is 21.8 Å². The minimum Gasteiger partial charge on any atom is -0.298 e. The van der Waals surface area contributed by atoms with Crippen LogP contribution in [-0.2, 0) is 0 Å². The highest BCUT2D eigenvalue weighted by Gasteiger charge is 2.16. The van der Waals surface area contributed by atoms with Gasteiger partial charge in [0, 0.05) is 21.4 Å². The number of aromatic nitrogens is 2. The number of amides is 1. The van der Waals surface area contributed by atoms with Gasteiger partial charge in [0.05, 0.1) is 27.3 Å². The van der Waals surface area contributed by atoms with Crippen LogP contribution in [0, 0.1) is 0 Å². The first kappa shape index (κ1) is 18.9. The molecule has 0 saturated carbocycles. The molecule has 7 heteroatoms. The first-order chi connectivity index (χ1) is 14.7. The van der Waals surface area contributed by atoms with E-state index >= 15 is 0 Å². The molecule has 0 aliphatic carbocycles. The summed E-state index contributed by atoms with van der Waals surface area (Å²) in [6.45, 7) is 0. The van der Waals surface area contributed by atoms with Crippen molar-refractivity contribution in [2.75, 3.05) is 5.32 Å². The van der Waals surface area contributed by atoms with E-state index in [0.717, 1.165) is 27.0 Å². The fourth-order valence-corrected chi connectivity index (χ4v) is 4.76. The van der Waals surface area contributed by atoms with Gasteiger partial charge in [0.15, 0.2) is 5.13 Å². The van der Waals surface area contributed by atoms with Gasteiger partial charge >= 0.3 is 0 Å². The molecule has 0 aliphatic rings. The summed E-state index contributed by atoms with van der Waals surface area (Å²) in [6.07, 6.45) is 0. The van der Waals surface area contributed by atoms with Gasteiger partial charge in [-0.2, -0.15) is 0 Å². The summed E-state index contributed by atoms with van der Waals surface area (Å²) in [5.74, 6) is -0.212. The topological polar surface area (TPSA) is 54.9 Å². The van der Waals surface area contributed by atoms with Crippen molar-refractivity contribution in [3.63, 3.8) is 0 Å². The van der Waals surface area contributed by atoms with Crippen LogP contribution in [-0.4, -0.2) is 15.9 Å². The predicted octanol–water partition coefficient (Wildman–Crippen LogP) is 6.99. The maximum absolute atomic E-state index is 13.2. The van der Waals surface area contributed by atoms with Crippen molar-refractivity contribution in [1.82, 2.24) is 9.97 Å². The molecule has 0 bridgehead atoms. The Morgan fingerprint density at radius 2 is 1.73 bits per heavy atom. The lowest BCUT2D eigenvalue weighted by atomic mass is 10.0. The summed E-state index contributed by atoms with van der Waals surface area (Å²) >= 11 is 9.05. The maximum atomic E-state index is 13.2. The molecule has 0 spiro atoms. The molecule has 5 rings (SSSR count). The van der Waals surface area contributed by atoms with Gasteiger partial charge in [-0.25, -0.2) is 9.97 Å². The molecule has 1 N–H and O–H groups in total. The van der Waals surface area contributed by atoms with Gasteiger partial charge in [-0.1, -0.05) is 48.0 Å². The fourth-order valence-electron chi connectivity index (χ4n) is 3.16. The van der Waals surface area contributed by atoms with Crippen molar-refractivity contribution in [2.24, 2.45) is 0 Å². The lowest BCUT2D eigenvalue weighted by Gasteiger charge is -2.10. The molecule has 0 radical (unpaired) electrons. The molecule has 2 aromatic carbocycles. The van der Waals surface area contributed by atoms with Crippen LogP contribution in [0.25, 0.3) is 32.7 Å². The van der Waals surface area contributed by atoms with Crippen molar-refractivity contribution in [3.05, 3.63) is 88.1 Å². The molecule has 146 valence electrons. The molecule has 0 aliphatic heterocycles. The Labute approximate surface area is 185 Å². The number of benzene rings is 2. The second-order valence-corrected chi connectivity index (χ2v) is 8.79. The fraction of sp³-hybridized carbons (Fsp3) is 0. The molecule has 0 saturated heterocycles. The van der Waals surface area contributed by atoms with Crippen LogP contribution in [0.2, 0.25) is 5.02 Å². The van der Waals surface area contributed by atoms with E-state index in [1.54, 1.807) is 11.3 Å². The van der Waals surface area contributed by atoms with Crippen LogP contribution in [0.5, 0.6) is 0 Å². The Kier molecular flexibility index (Phi) is 5.04. The van der Waals surface area contributed by atoms with Gasteiger partial charge in [0.1, 0.15) is 0 Å². The molecule has 0 unspecified atom stereocenters. The molecule has 0 fully saturated rings. The number of nitrogens with zero attached hydrogens (tertiary/aromatic N) is 2. The lowest BCUT2D eigenvalue weighted by molar-refractivity contribution is 0.102. The number of hydrogen-bond donors (Lipinski definition) is 1.